The van der Waals surface area contributed by atoms with Crippen LogP contribution in [0.1, 0.15) is 39.8 Å². The summed E-state index contributed by atoms with van der Waals surface area (Å²) in [6, 6.07) is 1.96. The molecule has 4 nitrogen and oxygen atoms in total. The van der Waals surface area contributed by atoms with E-state index in [1.807, 2.05) is 4.90 Å². The van der Waals surface area contributed by atoms with E-state index >= 15 is 0 Å². The molecular weight excluding hydrogens is 260 g/mol. The van der Waals surface area contributed by atoms with E-state index in [1.54, 1.807) is 11.4 Å². The van der Waals surface area contributed by atoms with Crippen molar-refractivity contribution in [1.82, 2.24) is 4.90 Å². The van der Waals surface area contributed by atoms with Crippen LogP contribution in [-0.4, -0.2) is 35.7 Å². The SMILES string of the molecule is CC(=O)c1csc(C(=O)N2CC3CCC(N)C3C2)c1. The Kier molecular flexibility index (Phi) is 3.19. The number of amides is 1. The molecular formula is C14H18N2O2S. The molecule has 0 spiro atoms. The van der Waals surface area contributed by atoms with E-state index in [0.717, 1.165) is 25.9 Å². The van der Waals surface area contributed by atoms with Crippen molar-refractivity contribution in [2.45, 2.75) is 25.8 Å². The van der Waals surface area contributed by atoms with Gasteiger partial charge in [0.2, 0.25) is 0 Å². The molecule has 2 N–H and O–H groups in total. The Morgan fingerprint density at radius 1 is 1.37 bits per heavy atom. The number of fused-ring (bicyclic) bond motifs is 1. The molecule has 5 heteroatoms. The lowest BCUT2D eigenvalue weighted by atomic mass is 9.98. The number of nitrogens with two attached hydrogens (primary N) is 1. The smallest absolute Gasteiger partial charge is 0.263 e. The van der Waals surface area contributed by atoms with Gasteiger partial charge in [0.1, 0.15) is 0 Å². The van der Waals surface area contributed by atoms with Gasteiger partial charge in [0.15, 0.2) is 5.78 Å². The van der Waals surface area contributed by atoms with Gasteiger partial charge in [-0.1, -0.05) is 0 Å². The Morgan fingerprint density at radius 2 is 2.16 bits per heavy atom. The standard InChI is InChI=1S/C14H18N2O2S/c1-8(17)10-4-13(19-7-10)14(18)16-5-9-2-3-12(15)11(9)6-16/h4,7,9,11-12H,2-3,5-6,15H2,1H3. The van der Waals surface area contributed by atoms with Gasteiger partial charge in [0.05, 0.1) is 4.88 Å². The van der Waals surface area contributed by atoms with Crippen molar-refractivity contribution in [1.29, 1.82) is 0 Å². The van der Waals surface area contributed by atoms with Crippen molar-refractivity contribution >= 4 is 23.0 Å². The number of likely N-dealkylation sites (tertiary alicyclic amines) is 1. The number of hydrogen-bond acceptors (Lipinski definition) is 4. The maximum atomic E-state index is 12.4. The number of carbonyl (C=O) groups is 2. The summed E-state index contributed by atoms with van der Waals surface area (Å²) in [6.07, 6.45) is 2.23. The van der Waals surface area contributed by atoms with E-state index in [9.17, 15) is 9.59 Å². The normalized spacial score (nSPS) is 29.6. The Balaban J connectivity index is 1.73. The fourth-order valence-electron chi connectivity index (χ4n) is 3.26. The number of ketones is 1. The number of carbonyl (C=O) groups excluding carboxylic acids is 2. The Morgan fingerprint density at radius 3 is 2.79 bits per heavy atom. The molecule has 1 aliphatic carbocycles. The average Bonchev–Trinajstić information content (AvgIpc) is 3.05. The van der Waals surface area contributed by atoms with E-state index in [1.165, 1.54) is 18.3 Å². The Hall–Kier alpha value is -1.20. The first kappa shape index (κ1) is 12.8. The first-order valence-corrected chi connectivity index (χ1v) is 7.58. The van der Waals surface area contributed by atoms with Gasteiger partial charge < -0.3 is 10.6 Å². The van der Waals surface area contributed by atoms with Crippen LogP contribution in [0.4, 0.5) is 0 Å². The molecule has 1 amide bonds. The zero-order valence-corrected chi connectivity index (χ0v) is 11.8. The van der Waals surface area contributed by atoms with E-state index < -0.39 is 0 Å². The number of hydrogen-bond donors (Lipinski definition) is 1. The number of nitrogens with zero attached hydrogens (tertiary/aromatic N) is 1. The quantitative estimate of drug-likeness (QED) is 0.838. The zero-order valence-electron chi connectivity index (χ0n) is 11.0. The van der Waals surface area contributed by atoms with Crippen LogP contribution in [0.25, 0.3) is 0 Å². The second-order valence-electron chi connectivity index (χ2n) is 5.63. The van der Waals surface area contributed by atoms with Gasteiger partial charge in [0.25, 0.3) is 5.91 Å². The number of rotatable bonds is 2. The Labute approximate surface area is 116 Å². The van der Waals surface area contributed by atoms with E-state index in [-0.39, 0.29) is 17.7 Å². The first-order chi connectivity index (χ1) is 9.06. The molecule has 19 heavy (non-hydrogen) atoms. The molecule has 1 aliphatic heterocycles. The largest absolute Gasteiger partial charge is 0.337 e. The van der Waals surface area contributed by atoms with Crippen LogP contribution in [0.2, 0.25) is 0 Å². The third-order valence-corrected chi connectivity index (χ3v) is 5.33. The zero-order chi connectivity index (χ0) is 13.6. The van der Waals surface area contributed by atoms with Crippen molar-refractivity contribution < 1.29 is 9.59 Å². The minimum Gasteiger partial charge on any atom is -0.337 e. The summed E-state index contributed by atoms with van der Waals surface area (Å²) in [4.78, 5) is 26.2. The fraction of sp³-hybridized carbons (Fsp3) is 0.571. The highest BCUT2D eigenvalue weighted by Gasteiger charge is 2.42. The predicted molar refractivity (Wildman–Crippen MR) is 74.4 cm³/mol. The summed E-state index contributed by atoms with van der Waals surface area (Å²) in [5.74, 6) is 1.11. The van der Waals surface area contributed by atoms with Crippen molar-refractivity contribution in [3.05, 3.63) is 21.9 Å². The summed E-state index contributed by atoms with van der Waals surface area (Å²) < 4.78 is 0. The van der Waals surface area contributed by atoms with Gasteiger partial charge >= 0.3 is 0 Å². The number of Topliss-reactive ketones (excluding diaryl/α,β-unsaturated/α-hetero) is 1. The summed E-state index contributed by atoms with van der Waals surface area (Å²) in [5.41, 5.74) is 6.71. The van der Waals surface area contributed by atoms with Crippen LogP contribution >= 0.6 is 11.3 Å². The topological polar surface area (TPSA) is 63.4 Å². The minimum atomic E-state index is 0.00983. The van der Waals surface area contributed by atoms with Gasteiger partial charge in [-0.15, -0.1) is 11.3 Å². The second-order valence-corrected chi connectivity index (χ2v) is 6.54. The third kappa shape index (κ3) is 2.21. The van der Waals surface area contributed by atoms with Crippen LogP contribution in [-0.2, 0) is 0 Å². The van der Waals surface area contributed by atoms with Crippen molar-refractivity contribution in [3.63, 3.8) is 0 Å². The summed E-state index contributed by atoms with van der Waals surface area (Å²) in [6.45, 7) is 3.12. The Bertz CT molecular complexity index is 525. The van der Waals surface area contributed by atoms with E-state index in [0.29, 0.717) is 22.3 Å². The molecule has 0 bridgehead atoms. The summed E-state index contributed by atoms with van der Waals surface area (Å²) in [5, 5.41) is 1.76. The maximum absolute atomic E-state index is 12.4. The van der Waals surface area contributed by atoms with Crippen LogP contribution in [0.3, 0.4) is 0 Å². The van der Waals surface area contributed by atoms with Crippen molar-refractivity contribution in [2.24, 2.45) is 17.6 Å². The fourth-order valence-corrected chi connectivity index (χ4v) is 4.18. The molecule has 0 radical (unpaired) electrons. The van der Waals surface area contributed by atoms with E-state index in [2.05, 4.69) is 0 Å². The molecule has 1 aromatic heterocycles. The van der Waals surface area contributed by atoms with E-state index in [4.69, 9.17) is 5.73 Å². The molecule has 2 aliphatic rings. The third-order valence-electron chi connectivity index (χ3n) is 4.42. The van der Waals surface area contributed by atoms with Crippen LogP contribution in [0.15, 0.2) is 11.4 Å². The molecule has 3 atom stereocenters. The van der Waals surface area contributed by atoms with Crippen LogP contribution in [0.5, 0.6) is 0 Å². The molecule has 102 valence electrons. The minimum absolute atomic E-state index is 0.00983. The van der Waals surface area contributed by atoms with Gasteiger partial charge in [-0.3, -0.25) is 9.59 Å². The van der Waals surface area contributed by atoms with Gasteiger partial charge in [-0.25, -0.2) is 0 Å². The van der Waals surface area contributed by atoms with Gasteiger partial charge in [0, 0.05) is 30.1 Å². The van der Waals surface area contributed by atoms with Crippen molar-refractivity contribution in [3.8, 4) is 0 Å². The lowest BCUT2D eigenvalue weighted by Crippen LogP contribution is -2.33. The predicted octanol–water partition coefficient (Wildman–Crippen LogP) is 1.76. The average molecular weight is 278 g/mol. The monoisotopic (exact) mass is 278 g/mol. The molecule has 3 rings (SSSR count). The molecule has 0 aromatic carbocycles. The summed E-state index contributed by atoms with van der Waals surface area (Å²) in [7, 11) is 0. The lowest BCUT2D eigenvalue weighted by Gasteiger charge is -2.17. The molecule has 1 saturated carbocycles. The molecule has 3 unspecified atom stereocenters. The first-order valence-electron chi connectivity index (χ1n) is 6.70. The second kappa shape index (κ2) is 4.72. The van der Waals surface area contributed by atoms with Gasteiger partial charge in [-0.2, -0.15) is 0 Å². The lowest BCUT2D eigenvalue weighted by molar-refractivity contribution is 0.0784. The number of thiophene rings is 1. The van der Waals surface area contributed by atoms with Crippen LogP contribution in [0, 0.1) is 11.8 Å². The molecule has 1 aromatic rings. The highest BCUT2D eigenvalue weighted by molar-refractivity contribution is 7.12. The molecule has 1 saturated heterocycles. The highest BCUT2D eigenvalue weighted by Crippen LogP contribution is 2.37. The molecule has 2 fully saturated rings. The highest BCUT2D eigenvalue weighted by atomic mass is 32.1. The summed E-state index contributed by atoms with van der Waals surface area (Å²) >= 11 is 1.36. The molecule has 2 heterocycles. The van der Waals surface area contributed by atoms with Crippen LogP contribution < -0.4 is 5.73 Å². The maximum Gasteiger partial charge on any atom is 0.263 e. The van der Waals surface area contributed by atoms with Gasteiger partial charge in [-0.05, 0) is 37.7 Å². The van der Waals surface area contributed by atoms with Crippen molar-refractivity contribution in [2.75, 3.05) is 13.1 Å².